The number of hydrogen-bond donors (Lipinski definition) is 1. The molecule has 1 aromatic heterocycles. The van der Waals surface area contributed by atoms with Crippen molar-refractivity contribution >= 4 is 0 Å². The summed E-state index contributed by atoms with van der Waals surface area (Å²) < 4.78 is 7.06. The van der Waals surface area contributed by atoms with Crippen molar-refractivity contribution in [3.05, 3.63) is 17.5 Å². The standard InChI is InChI=1S/C12H23N3O/c1-5-10-9-12(15(3)14-10)11(13-2)7-6-8-16-4/h9,11,13H,5-8H2,1-4H3. The van der Waals surface area contributed by atoms with E-state index in [1.165, 1.54) is 5.69 Å². The molecular weight excluding hydrogens is 202 g/mol. The summed E-state index contributed by atoms with van der Waals surface area (Å²) in [5, 5.41) is 7.81. The first-order chi connectivity index (χ1) is 7.72. The van der Waals surface area contributed by atoms with Crippen LogP contribution in [-0.2, 0) is 18.2 Å². The van der Waals surface area contributed by atoms with Crippen LogP contribution in [-0.4, -0.2) is 30.5 Å². The van der Waals surface area contributed by atoms with Gasteiger partial charge in [0.25, 0.3) is 0 Å². The van der Waals surface area contributed by atoms with Crippen LogP contribution in [0, 0.1) is 0 Å². The Morgan fingerprint density at radius 3 is 2.81 bits per heavy atom. The Hall–Kier alpha value is -0.870. The van der Waals surface area contributed by atoms with Crippen LogP contribution in [0.15, 0.2) is 6.07 Å². The third-order valence-electron chi connectivity index (χ3n) is 2.88. The molecule has 0 aliphatic carbocycles. The van der Waals surface area contributed by atoms with Gasteiger partial charge in [0, 0.05) is 26.8 Å². The van der Waals surface area contributed by atoms with Crippen LogP contribution >= 0.6 is 0 Å². The van der Waals surface area contributed by atoms with Gasteiger partial charge in [-0.2, -0.15) is 5.10 Å². The Kier molecular flexibility index (Phi) is 5.49. The molecule has 1 N–H and O–H groups in total. The molecule has 0 aromatic carbocycles. The van der Waals surface area contributed by atoms with Gasteiger partial charge in [-0.15, -0.1) is 0 Å². The molecule has 4 nitrogen and oxygen atoms in total. The summed E-state index contributed by atoms with van der Waals surface area (Å²) >= 11 is 0. The summed E-state index contributed by atoms with van der Waals surface area (Å²) in [7, 11) is 5.75. The maximum absolute atomic E-state index is 5.08. The fourth-order valence-corrected chi connectivity index (χ4v) is 1.91. The minimum absolute atomic E-state index is 0.368. The Morgan fingerprint density at radius 1 is 1.56 bits per heavy atom. The van der Waals surface area contributed by atoms with Crippen molar-refractivity contribution in [1.82, 2.24) is 15.1 Å². The molecule has 1 rings (SSSR count). The molecule has 0 bridgehead atoms. The Labute approximate surface area is 98.0 Å². The fraction of sp³-hybridized carbons (Fsp3) is 0.750. The van der Waals surface area contributed by atoms with Gasteiger partial charge in [-0.25, -0.2) is 0 Å². The quantitative estimate of drug-likeness (QED) is 0.717. The van der Waals surface area contributed by atoms with Crippen molar-refractivity contribution in [2.45, 2.75) is 32.2 Å². The summed E-state index contributed by atoms with van der Waals surface area (Å²) in [6.07, 6.45) is 3.13. The largest absolute Gasteiger partial charge is 0.385 e. The molecule has 16 heavy (non-hydrogen) atoms. The van der Waals surface area contributed by atoms with E-state index in [0.717, 1.165) is 31.6 Å². The van der Waals surface area contributed by atoms with Crippen LogP contribution in [0.4, 0.5) is 0 Å². The molecule has 1 unspecified atom stereocenters. The Balaban J connectivity index is 2.66. The second kappa shape index (κ2) is 6.66. The molecule has 0 saturated carbocycles. The maximum atomic E-state index is 5.08. The number of hydrogen-bond acceptors (Lipinski definition) is 3. The molecule has 4 heteroatoms. The van der Waals surface area contributed by atoms with Gasteiger partial charge < -0.3 is 10.1 Å². The molecule has 1 aromatic rings. The highest BCUT2D eigenvalue weighted by Crippen LogP contribution is 2.18. The number of nitrogens with zero attached hydrogens (tertiary/aromatic N) is 2. The van der Waals surface area contributed by atoms with Gasteiger partial charge in [-0.05, 0) is 32.4 Å². The van der Waals surface area contributed by atoms with Crippen molar-refractivity contribution in [1.29, 1.82) is 0 Å². The molecule has 92 valence electrons. The summed E-state index contributed by atoms with van der Waals surface area (Å²) in [5.41, 5.74) is 2.42. The molecule has 0 aliphatic heterocycles. The highest BCUT2D eigenvalue weighted by molar-refractivity contribution is 5.14. The first-order valence-electron chi connectivity index (χ1n) is 5.91. The fourth-order valence-electron chi connectivity index (χ4n) is 1.91. The lowest BCUT2D eigenvalue weighted by molar-refractivity contribution is 0.189. The monoisotopic (exact) mass is 225 g/mol. The third-order valence-corrected chi connectivity index (χ3v) is 2.88. The normalized spacial score (nSPS) is 13.0. The summed E-state index contributed by atoms with van der Waals surface area (Å²) in [5.74, 6) is 0. The molecular formula is C12H23N3O. The van der Waals surface area contributed by atoms with Gasteiger partial charge in [0.05, 0.1) is 11.4 Å². The predicted molar refractivity (Wildman–Crippen MR) is 65.5 cm³/mol. The molecule has 1 heterocycles. The van der Waals surface area contributed by atoms with E-state index >= 15 is 0 Å². The van der Waals surface area contributed by atoms with Gasteiger partial charge in [0.2, 0.25) is 0 Å². The van der Waals surface area contributed by atoms with Crippen LogP contribution < -0.4 is 5.32 Å². The number of aromatic nitrogens is 2. The van der Waals surface area contributed by atoms with E-state index in [2.05, 4.69) is 23.4 Å². The summed E-state index contributed by atoms with van der Waals surface area (Å²) in [6.45, 7) is 2.95. The van der Waals surface area contributed by atoms with Gasteiger partial charge in [-0.3, -0.25) is 4.68 Å². The van der Waals surface area contributed by atoms with E-state index in [1.54, 1.807) is 7.11 Å². The summed E-state index contributed by atoms with van der Waals surface area (Å²) in [4.78, 5) is 0. The predicted octanol–water partition coefficient (Wildman–Crippen LogP) is 1.67. The SMILES string of the molecule is CCc1cc(C(CCCOC)NC)n(C)n1. The number of rotatable bonds is 7. The van der Waals surface area contributed by atoms with Crippen LogP contribution in [0.1, 0.15) is 37.2 Å². The third kappa shape index (κ3) is 3.32. The van der Waals surface area contributed by atoms with Crippen LogP contribution in [0.2, 0.25) is 0 Å². The molecule has 0 radical (unpaired) electrons. The van der Waals surface area contributed by atoms with Gasteiger partial charge in [-0.1, -0.05) is 6.92 Å². The zero-order valence-corrected chi connectivity index (χ0v) is 10.8. The van der Waals surface area contributed by atoms with E-state index in [1.807, 2.05) is 18.8 Å². The molecule has 0 amide bonds. The van der Waals surface area contributed by atoms with E-state index in [4.69, 9.17) is 4.74 Å². The van der Waals surface area contributed by atoms with Crippen molar-refractivity contribution in [3.63, 3.8) is 0 Å². The van der Waals surface area contributed by atoms with E-state index in [-0.39, 0.29) is 0 Å². The molecule has 0 spiro atoms. The number of methoxy groups -OCH3 is 1. The second-order valence-electron chi connectivity index (χ2n) is 4.01. The number of nitrogens with one attached hydrogen (secondary N) is 1. The first-order valence-corrected chi connectivity index (χ1v) is 5.91. The average molecular weight is 225 g/mol. The second-order valence-corrected chi connectivity index (χ2v) is 4.01. The van der Waals surface area contributed by atoms with Crippen molar-refractivity contribution in [2.75, 3.05) is 20.8 Å². The first kappa shape index (κ1) is 13.2. The lowest BCUT2D eigenvalue weighted by Gasteiger charge is -2.15. The topological polar surface area (TPSA) is 39.1 Å². The molecule has 0 saturated heterocycles. The van der Waals surface area contributed by atoms with Crippen LogP contribution in [0.3, 0.4) is 0 Å². The van der Waals surface area contributed by atoms with E-state index in [9.17, 15) is 0 Å². The molecule has 1 atom stereocenters. The minimum Gasteiger partial charge on any atom is -0.385 e. The molecule has 0 fully saturated rings. The van der Waals surface area contributed by atoms with Gasteiger partial charge >= 0.3 is 0 Å². The lowest BCUT2D eigenvalue weighted by Crippen LogP contribution is -2.19. The zero-order chi connectivity index (χ0) is 12.0. The number of ether oxygens (including phenoxy) is 1. The van der Waals surface area contributed by atoms with Crippen LogP contribution in [0.25, 0.3) is 0 Å². The van der Waals surface area contributed by atoms with E-state index < -0.39 is 0 Å². The van der Waals surface area contributed by atoms with Crippen LogP contribution in [0.5, 0.6) is 0 Å². The summed E-state index contributed by atoms with van der Waals surface area (Å²) in [6, 6.07) is 2.56. The van der Waals surface area contributed by atoms with Crippen molar-refractivity contribution in [3.8, 4) is 0 Å². The zero-order valence-electron chi connectivity index (χ0n) is 10.8. The lowest BCUT2D eigenvalue weighted by atomic mass is 10.1. The highest BCUT2D eigenvalue weighted by atomic mass is 16.5. The van der Waals surface area contributed by atoms with Gasteiger partial charge in [0.15, 0.2) is 0 Å². The Morgan fingerprint density at radius 2 is 2.31 bits per heavy atom. The number of aryl methyl sites for hydroxylation is 2. The maximum Gasteiger partial charge on any atom is 0.0625 e. The highest BCUT2D eigenvalue weighted by Gasteiger charge is 2.14. The van der Waals surface area contributed by atoms with Crippen molar-refractivity contribution in [2.24, 2.45) is 7.05 Å². The van der Waals surface area contributed by atoms with Gasteiger partial charge in [0.1, 0.15) is 0 Å². The average Bonchev–Trinajstić information content (AvgIpc) is 2.66. The smallest absolute Gasteiger partial charge is 0.0625 e. The molecule has 0 aliphatic rings. The Bertz CT molecular complexity index is 309. The minimum atomic E-state index is 0.368. The van der Waals surface area contributed by atoms with E-state index in [0.29, 0.717) is 6.04 Å². The van der Waals surface area contributed by atoms with Crippen molar-refractivity contribution < 1.29 is 4.74 Å².